The van der Waals surface area contributed by atoms with Crippen LogP contribution in [0.4, 0.5) is 4.79 Å². The second-order valence-electron chi connectivity index (χ2n) is 11.8. The molecule has 0 bridgehead atoms. The number of alkyl carbamates (subject to hydrolysis) is 1. The van der Waals surface area contributed by atoms with Crippen LogP contribution in [0.1, 0.15) is 122 Å². The van der Waals surface area contributed by atoms with E-state index >= 15 is 0 Å². The Bertz CT molecular complexity index is 872. The molecule has 214 valence electrons. The van der Waals surface area contributed by atoms with E-state index in [1.165, 1.54) is 25.7 Å². The van der Waals surface area contributed by atoms with Gasteiger partial charge in [-0.3, -0.25) is 9.59 Å². The van der Waals surface area contributed by atoms with Gasteiger partial charge in [0.05, 0.1) is 0 Å². The molecule has 0 radical (unpaired) electrons. The first-order valence-corrected chi connectivity index (χ1v) is 14.7. The molecule has 0 heterocycles. The Morgan fingerprint density at radius 1 is 0.974 bits per heavy atom. The number of carbonyl (C=O) groups excluding carboxylic acids is 3. The molecule has 3 amide bonds. The number of amides is 3. The number of rotatable bonds is 13. The van der Waals surface area contributed by atoms with Crippen LogP contribution in [0.15, 0.2) is 24.3 Å². The van der Waals surface area contributed by atoms with Crippen molar-refractivity contribution >= 4 is 17.9 Å². The number of unbranched alkanes of at least 4 members (excludes halogenated alkanes) is 5. The molecule has 38 heavy (non-hydrogen) atoms. The lowest BCUT2D eigenvalue weighted by Crippen LogP contribution is -2.53. The zero-order valence-electron chi connectivity index (χ0n) is 24.6. The van der Waals surface area contributed by atoms with E-state index in [1.54, 1.807) is 32.6 Å². The van der Waals surface area contributed by atoms with Gasteiger partial charge >= 0.3 is 6.09 Å². The molecule has 1 aliphatic carbocycles. The Hall–Kier alpha value is -2.57. The number of hydrogen-bond acceptors (Lipinski definition) is 4. The molecule has 7 nitrogen and oxygen atoms in total. The molecule has 1 aromatic carbocycles. The summed E-state index contributed by atoms with van der Waals surface area (Å²) in [5.41, 5.74) is 1.21. The van der Waals surface area contributed by atoms with E-state index in [0.29, 0.717) is 6.54 Å². The van der Waals surface area contributed by atoms with E-state index in [2.05, 4.69) is 17.6 Å². The predicted octanol–water partition coefficient (Wildman–Crippen LogP) is 6.59. The van der Waals surface area contributed by atoms with Crippen LogP contribution in [0.2, 0.25) is 0 Å². The molecule has 1 fully saturated rings. The molecule has 1 aromatic rings. The number of nitrogens with zero attached hydrogens (tertiary/aromatic N) is 1. The Morgan fingerprint density at radius 2 is 1.58 bits per heavy atom. The molecule has 0 spiro atoms. The topological polar surface area (TPSA) is 87.7 Å². The molecule has 0 saturated heterocycles. The maximum Gasteiger partial charge on any atom is 0.408 e. The van der Waals surface area contributed by atoms with Crippen molar-refractivity contribution in [3.05, 3.63) is 35.4 Å². The van der Waals surface area contributed by atoms with E-state index < -0.39 is 23.8 Å². The number of nitrogens with one attached hydrogen (secondary N) is 2. The van der Waals surface area contributed by atoms with E-state index in [0.717, 1.165) is 56.1 Å². The van der Waals surface area contributed by atoms with Crippen LogP contribution >= 0.6 is 0 Å². The molecular weight excluding hydrogens is 478 g/mol. The highest BCUT2D eigenvalue weighted by Crippen LogP contribution is 2.26. The maximum absolute atomic E-state index is 13.9. The Labute approximate surface area is 230 Å². The highest BCUT2D eigenvalue weighted by atomic mass is 16.6. The van der Waals surface area contributed by atoms with Gasteiger partial charge in [0, 0.05) is 12.6 Å². The SMILES string of the molecule is CCCCCCCCN(C(=O)C(C)NC(=O)OC(C)(C)C)C(C(=O)NC1CCCCC1)c1ccc(C)cc1. The molecule has 1 aliphatic rings. The Balaban J connectivity index is 2.30. The van der Waals surface area contributed by atoms with Gasteiger partial charge in [0.25, 0.3) is 0 Å². The van der Waals surface area contributed by atoms with Crippen molar-refractivity contribution in [1.29, 1.82) is 0 Å². The van der Waals surface area contributed by atoms with E-state index in [-0.39, 0.29) is 17.9 Å². The summed E-state index contributed by atoms with van der Waals surface area (Å²) in [6, 6.07) is 6.37. The second-order valence-corrected chi connectivity index (χ2v) is 11.8. The number of benzene rings is 1. The average Bonchev–Trinajstić information content (AvgIpc) is 2.85. The highest BCUT2D eigenvalue weighted by molar-refractivity contribution is 5.92. The van der Waals surface area contributed by atoms with Crippen LogP contribution < -0.4 is 10.6 Å². The fourth-order valence-corrected chi connectivity index (χ4v) is 4.97. The molecule has 2 unspecified atom stereocenters. The van der Waals surface area contributed by atoms with E-state index in [4.69, 9.17) is 4.74 Å². The lowest BCUT2D eigenvalue weighted by atomic mass is 9.94. The summed E-state index contributed by atoms with van der Waals surface area (Å²) in [6.45, 7) is 11.7. The molecule has 1 saturated carbocycles. The summed E-state index contributed by atoms with van der Waals surface area (Å²) in [4.78, 5) is 41.8. The molecule has 7 heteroatoms. The number of ether oxygens (including phenoxy) is 1. The standard InChI is InChI=1S/C31H51N3O4/c1-7-8-9-10-11-15-22-34(29(36)24(3)32-30(37)38-31(4,5)6)27(25-20-18-23(2)19-21-25)28(35)33-26-16-13-12-14-17-26/h18-21,24,26-27H,7-17,22H2,1-6H3,(H,32,37)(H,33,35). The van der Waals surface area contributed by atoms with Gasteiger partial charge in [-0.15, -0.1) is 0 Å². The zero-order valence-corrected chi connectivity index (χ0v) is 24.6. The summed E-state index contributed by atoms with van der Waals surface area (Å²) in [5, 5.41) is 5.94. The molecule has 2 N–H and O–H groups in total. The third-order valence-electron chi connectivity index (χ3n) is 7.04. The van der Waals surface area contributed by atoms with Gasteiger partial charge in [0.15, 0.2) is 0 Å². The van der Waals surface area contributed by atoms with Crippen molar-refractivity contribution in [2.24, 2.45) is 0 Å². The summed E-state index contributed by atoms with van der Waals surface area (Å²) in [5.74, 6) is -0.432. The smallest absolute Gasteiger partial charge is 0.408 e. The minimum absolute atomic E-state index is 0.132. The fraction of sp³-hybridized carbons (Fsp3) is 0.710. The van der Waals surface area contributed by atoms with Crippen molar-refractivity contribution in [3.8, 4) is 0 Å². The molecule has 2 rings (SSSR count). The van der Waals surface area contributed by atoms with Crippen LogP contribution in [0.5, 0.6) is 0 Å². The maximum atomic E-state index is 13.9. The van der Waals surface area contributed by atoms with Gasteiger partial charge in [0.1, 0.15) is 17.7 Å². The number of aryl methyl sites for hydroxylation is 1. The molecule has 2 atom stereocenters. The van der Waals surface area contributed by atoms with Crippen LogP contribution in [-0.4, -0.2) is 47.0 Å². The Kier molecular flexibility index (Phi) is 13.1. The number of carbonyl (C=O) groups is 3. The minimum Gasteiger partial charge on any atom is -0.444 e. The van der Waals surface area contributed by atoms with Gasteiger partial charge in [-0.1, -0.05) is 88.1 Å². The van der Waals surface area contributed by atoms with E-state index in [1.807, 2.05) is 31.2 Å². The van der Waals surface area contributed by atoms with Gasteiger partial charge in [-0.25, -0.2) is 4.79 Å². The lowest BCUT2D eigenvalue weighted by Gasteiger charge is -2.35. The normalized spacial score (nSPS) is 15.8. The molecule has 0 aliphatic heterocycles. The van der Waals surface area contributed by atoms with Crippen molar-refractivity contribution < 1.29 is 19.1 Å². The third kappa shape index (κ3) is 11.0. The van der Waals surface area contributed by atoms with Crippen molar-refractivity contribution in [3.63, 3.8) is 0 Å². The predicted molar refractivity (Wildman–Crippen MR) is 153 cm³/mol. The highest BCUT2D eigenvalue weighted by Gasteiger charge is 2.35. The van der Waals surface area contributed by atoms with Crippen LogP contribution in [0, 0.1) is 6.92 Å². The van der Waals surface area contributed by atoms with Gasteiger partial charge in [-0.2, -0.15) is 0 Å². The molecule has 0 aromatic heterocycles. The Morgan fingerprint density at radius 3 is 2.18 bits per heavy atom. The van der Waals surface area contributed by atoms with Crippen LogP contribution in [0.25, 0.3) is 0 Å². The van der Waals surface area contributed by atoms with Crippen molar-refractivity contribution in [2.45, 2.75) is 136 Å². The summed E-state index contributed by atoms with van der Waals surface area (Å²) in [6.07, 6.45) is 11.1. The van der Waals surface area contributed by atoms with Crippen LogP contribution in [-0.2, 0) is 14.3 Å². The average molecular weight is 530 g/mol. The fourth-order valence-electron chi connectivity index (χ4n) is 4.97. The first kappa shape index (κ1) is 31.6. The van der Waals surface area contributed by atoms with Crippen molar-refractivity contribution in [2.75, 3.05) is 6.54 Å². The van der Waals surface area contributed by atoms with Crippen LogP contribution in [0.3, 0.4) is 0 Å². The largest absolute Gasteiger partial charge is 0.444 e. The first-order chi connectivity index (χ1) is 18.0. The second kappa shape index (κ2) is 15.7. The summed E-state index contributed by atoms with van der Waals surface area (Å²) >= 11 is 0. The summed E-state index contributed by atoms with van der Waals surface area (Å²) in [7, 11) is 0. The minimum atomic E-state index is -0.833. The first-order valence-electron chi connectivity index (χ1n) is 14.7. The van der Waals surface area contributed by atoms with Gasteiger partial charge < -0.3 is 20.3 Å². The zero-order chi connectivity index (χ0) is 28.1. The van der Waals surface area contributed by atoms with Gasteiger partial charge in [-0.05, 0) is 59.4 Å². The van der Waals surface area contributed by atoms with E-state index in [9.17, 15) is 14.4 Å². The van der Waals surface area contributed by atoms with Crippen molar-refractivity contribution in [1.82, 2.24) is 15.5 Å². The third-order valence-corrected chi connectivity index (χ3v) is 7.04. The summed E-state index contributed by atoms with van der Waals surface area (Å²) < 4.78 is 5.38. The van der Waals surface area contributed by atoms with Gasteiger partial charge in [0.2, 0.25) is 11.8 Å². The quantitative estimate of drug-likeness (QED) is 0.282. The lowest BCUT2D eigenvalue weighted by molar-refractivity contribution is -0.142. The number of hydrogen-bond donors (Lipinski definition) is 2. The monoisotopic (exact) mass is 529 g/mol. The molecular formula is C31H51N3O4.